The number of aliphatic carboxylic acids is 1. The number of ether oxygens (including phenoxy) is 1. The van der Waals surface area contributed by atoms with E-state index in [1.807, 2.05) is 10.6 Å². The van der Waals surface area contributed by atoms with Crippen molar-refractivity contribution in [2.45, 2.75) is 25.5 Å². The molecule has 0 spiro atoms. The van der Waals surface area contributed by atoms with E-state index in [0.717, 1.165) is 17.7 Å². The molecule has 0 aromatic carbocycles. The van der Waals surface area contributed by atoms with Crippen LogP contribution in [0.2, 0.25) is 0 Å². The molecule has 2 heterocycles. The molecule has 108 valence electrons. The molecule has 0 bridgehead atoms. The van der Waals surface area contributed by atoms with Gasteiger partial charge in [0.15, 0.2) is 10.8 Å². The van der Waals surface area contributed by atoms with E-state index in [2.05, 4.69) is 23.8 Å². The van der Waals surface area contributed by atoms with Crippen molar-refractivity contribution in [3.63, 3.8) is 0 Å². The third kappa shape index (κ3) is 3.22. The first-order chi connectivity index (χ1) is 9.51. The van der Waals surface area contributed by atoms with Gasteiger partial charge in [0, 0.05) is 12.6 Å². The third-order valence-corrected chi connectivity index (χ3v) is 3.57. The molecule has 0 aliphatic heterocycles. The highest BCUT2D eigenvalue weighted by Gasteiger charge is 2.15. The van der Waals surface area contributed by atoms with Gasteiger partial charge in [-0.25, -0.2) is 4.98 Å². The molecule has 0 amide bonds. The van der Waals surface area contributed by atoms with Gasteiger partial charge in [0.1, 0.15) is 5.52 Å². The highest BCUT2D eigenvalue weighted by atomic mass is 32.2. The van der Waals surface area contributed by atoms with Crippen molar-refractivity contribution in [2.24, 2.45) is 5.92 Å². The lowest BCUT2D eigenvalue weighted by Crippen LogP contribution is -2.08. The van der Waals surface area contributed by atoms with Crippen LogP contribution < -0.4 is 4.74 Å². The van der Waals surface area contributed by atoms with Crippen molar-refractivity contribution in [1.29, 1.82) is 0 Å². The van der Waals surface area contributed by atoms with Crippen molar-refractivity contribution in [3.8, 4) is 5.88 Å². The molecule has 0 fully saturated rings. The fourth-order valence-corrected chi connectivity index (χ4v) is 2.58. The molecule has 2 aromatic heterocycles. The van der Waals surface area contributed by atoms with Gasteiger partial charge in [0.2, 0.25) is 5.88 Å². The maximum absolute atomic E-state index is 10.7. The predicted octanol–water partition coefficient (Wildman–Crippen LogP) is 2.27. The van der Waals surface area contributed by atoms with Crippen LogP contribution in [0.1, 0.15) is 13.8 Å². The zero-order valence-corrected chi connectivity index (χ0v) is 12.5. The lowest BCUT2D eigenvalue weighted by atomic mass is 10.2. The molecule has 1 N–H and O–H groups in total. The van der Waals surface area contributed by atoms with E-state index in [-0.39, 0.29) is 5.75 Å². The average molecular weight is 295 g/mol. The Kier molecular flexibility index (Phi) is 4.49. The van der Waals surface area contributed by atoms with Gasteiger partial charge >= 0.3 is 5.97 Å². The molecule has 0 aliphatic rings. The number of hydrogen-bond acceptors (Lipinski definition) is 5. The second-order valence-corrected chi connectivity index (χ2v) is 5.72. The molecule has 2 aromatic rings. The summed E-state index contributed by atoms with van der Waals surface area (Å²) in [6.45, 7) is 4.92. The minimum Gasteiger partial charge on any atom is -0.481 e. The lowest BCUT2D eigenvalue weighted by Gasteiger charge is -2.10. The van der Waals surface area contributed by atoms with Crippen molar-refractivity contribution >= 4 is 28.9 Å². The highest BCUT2D eigenvalue weighted by Crippen LogP contribution is 2.25. The molecule has 0 unspecified atom stereocenters. The van der Waals surface area contributed by atoms with Crippen molar-refractivity contribution in [1.82, 2.24) is 14.5 Å². The van der Waals surface area contributed by atoms with Crippen LogP contribution in [0, 0.1) is 5.92 Å². The van der Waals surface area contributed by atoms with Gasteiger partial charge in [-0.3, -0.25) is 4.79 Å². The maximum atomic E-state index is 10.7. The molecule has 0 aliphatic carbocycles. The van der Waals surface area contributed by atoms with Gasteiger partial charge in [-0.15, -0.1) is 0 Å². The summed E-state index contributed by atoms with van der Waals surface area (Å²) >= 11 is 1.21. The van der Waals surface area contributed by atoms with E-state index < -0.39 is 5.97 Å². The molecule has 0 atom stereocenters. The topological polar surface area (TPSA) is 77.2 Å². The van der Waals surface area contributed by atoms with Crippen LogP contribution in [0.25, 0.3) is 11.2 Å². The van der Waals surface area contributed by atoms with Gasteiger partial charge in [0.05, 0.1) is 12.9 Å². The Labute approximate surface area is 121 Å². The van der Waals surface area contributed by atoms with Gasteiger partial charge in [-0.1, -0.05) is 25.6 Å². The number of hydrogen-bond donors (Lipinski definition) is 1. The minimum absolute atomic E-state index is 0.0153. The second kappa shape index (κ2) is 6.13. The number of fused-ring (bicyclic) bond motifs is 1. The Morgan fingerprint density at radius 1 is 1.45 bits per heavy atom. The van der Waals surface area contributed by atoms with E-state index in [1.165, 1.54) is 11.8 Å². The molecule has 7 heteroatoms. The number of nitrogens with zero attached hydrogens (tertiary/aromatic N) is 3. The number of imidazole rings is 1. The van der Waals surface area contributed by atoms with Gasteiger partial charge in [-0.05, 0) is 12.0 Å². The summed E-state index contributed by atoms with van der Waals surface area (Å²) in [6.07, 6.45) is 0. The van der Waals surface area contributed by atoms with E-state index in [9.17, 15) is 4.79 Å². The normalized spacial score (nSPS) is 11.2. The molecule has 20 heavy (non-hydrogen) atoms. The fraction of sp³-hybridized carbons (Fsp3) is 0.462. The molecular weight excluding hydrogens is 278 g/mol. The number of rotatable bonds is 6. The summed E-state index contributed by atoms with van der Waals surface area (Å²) < 4.78 is 7.09. The zero-order valence-electron chi connectivity index (χ0n) is 11.7. The van der Waals surface area contributed by atoms with Crippen LogP contribution >= 0.6 is 11.8 Å². The first-order valence-corrected chi connectivity index (χ1v) is 7.25. The smallest absolute Gasteiger partial charge is 0.313 e. The molecule has 6 nitrogen and oxygen atoms in total. The molecule has 0 radical (unpaired) electrons. The highest BCUT2D eigenvalue weighted by molar-refractivity contribution is 7.99. The third-order valence-electron chi connectivity index (χ3n) is 2.61. The SMILES string of the molecule is COc1ccc2nc(SCC(=O)O)n(CC(C)C)c2n1. The predicted molar refractivity (Wildman–Crippen MR) is 77.3 cm³/mol. The zero-order chi connectivity index (χ0) is 14.7. The average Bonchev–Trinajstić information content (AvgIpc) is 2.73. The summed E-state index contributed by atoms with van der Waals surface area (Å²) in [6, 6.07) is 3.59. The maximum Gasteiger partial charge on any atom is 0.313 e. The minimum atomic E-state index is -0.858. The monoisotopic (exact) mass is 295 g/mol. The number of carboxylic acids is 1. The van der Waals surface area contributed by atoms with E-state index in [1.54, 1.807) is 13.2 Å². The summed E-state index contributed by atoms with van der Waals surface area (Å²) in [4.78, 5) is 19.6. The van der Waals surface area contributed by atoms with Gasteiger partial charge in [0.25, 0.3) is 0 Å². The standard InChI is InChI=1S/C13H17N3O3S/c1-8(2)6-16-12-9(4-5-10(15-12)19-3)14-13(16)20-7-11(17)18/h4-5,8H,6-7H2,1-3H3,(H,17,18). The van der Waals surface area contributed by atoms with Crippen LogP contribution in [0.15, 0.2) is 17.3 Å². The Morgan fingerprint density at radius 3 is 2.80 bits per heavy atom. The van der Waals surface area contributed by atoms with Gasteiger partial charge in [-0.2, -0.15) is 4.98 Å². The van der Waals surface area contributed by atoms with Crippen molar-refractivity contribution in [3.05, 3.63) is 12.1 Å². The number of carboxylic acid groups (broad SMARTS) is 1. The fourth-order valence-electron chi connectivity index (χ4n) is 1.84. The van der Waals surface area contributed by atoms with E-state index >= 15 is 0 Å². The quantitative estimate of drug-likeness (QED) is 0.824. The Morgan fingerprint density at radius 2 is 2.20 bits per heavy atom. The van der Waals surface area contributed by atoms with Crippen molar-refractivity contribution < 1.29 is 14.6 Å². The first kappa shape index (κ1) is 14.6. The van der Waals surface area contributed by atoms with Crippen LogP contribution in [0.5, 0.6) is 5.88 Å². The lowest BCUT2D eigenvalue weighted by molar-refractivity contribution is -0.133. The summed E-state index contributed by atoms with van der Waals surface area (Å²) in [5.74, 6) is 0.0592. The van der Waals surface area contributed by atoms with Crippen LogP contribution in [-0.2, 0) is 11.3 Å². The summed E-state index contributed by atoms with van der Waals surface area (Å²) in [5, 5.41) is 9.49. The molecular formula is C13H17N3O3S. The van der Waals surface area contributed by atoms with Crippen LogP contribution in [-0.4, -0.2) is 38.5 Å². The Hall–Kier alpha value is -1.76. The Bertz CT molecular complexity index is 625. The second-order valence-electron chi connectivity index (χ2n) is 4.78. The number of carbonyl (C=O) groups is 1. The van der Waals surface area contributed by atoms with E-state index in [4.69, 9.17) is 9.84 Å². The van der Waals surface area contributed by atoms with Gasteiger partial charge < -0.3 is 14.4 Å². The Balaban J connectivity index is 2.46. The number of thioether (sulfide) groups is 1. The van der Waals surface area contributed by atoms with E-state index in [0.29, 0.717) is 17.0 Å². The first-order valence-electron chi connectivity index (χ1n) is 6.27. The molecule has 0 saturated heterocycles. The van der Waals surface area contributed by atoms with Crippen LogP contribution in [0.4, 0.5) is 0 Å². The van der Waals surface area contributed by atoms with Crippen molar-refractivity contribution in [2.75, 3.05) is 12.9 Å². The molecule has 2 rings (SSSR count). The number of aromatic nitrogens is 3. The number of pyridine rings is 1. The summed E-state index contributed by atoms with van der Waals surface area (Å²) in [7, 11) is 1.57. The summed E-state index contributed by atoms with van der Waals surface area (Å²) in [5.41, 5.74) is 1.48. The van der Waals surface area contributed by atoms with Crippen LogP contribution in [0.3, 0.4) is 0 Å². The number of methoxy groups -OCH3 is 1. The largest absolute Gasteiger partial charge is 0.481 e. The molecule has 0 saturated carbocycles.